The number of aromatic nitrogens is 5. The largest absolute Gasteiger partial charge is 0.497 e. The SMILES string of the molecule is COc1ccc(N(C(=O)OCc2ncc([N+](=O)[O-])n2C)c2cc3c(cn2)n(C)c(=O)n3C2CCOCC2)c(C)c1. The Bertz CT molecular complexity index is 1650. The summed E-state index contributed by atoms with van der Waals surface area (Å²) < 4.78 is 20.9. The topological polar surface area (TPSA) is 149 Å². The molecule has 0 N–H and O–H groups in total. The summed E-state index contributed by atoms with van der Waals surface area (Å²) >= 11 is 0. The minimum atomic E-state index is -0.776. The highest BCUT2D eigenvalue weighted by Crippen LogP contribution is 2.33. The van der Waals surface area contributed by atoms with E-state index in [4.69, 9.17) is 14.2 Å². The third-order valence-corrected chi connectivity index (χ3v) is 7.15. The summed E-state index contributed by atoms with van der Waals surface area (Å²) in [7, 11) is 4.71. The Kier molecular flexibility index (Phi) is 7.26. The van der Waals surface area contributed by atoms with Crippen LogP contribution < -0.4 is 15.3 Å². The van der Waals surface area contributed by atoms with Gasteiger partial charge in [0, 0.05) is 32.4 Å². The molecule has 4 heterocycles. The number of hydrogen-bond donors (Lipinski definition) is 0. The van der Waals surface area contributed by atoms with Gasteiger partial charge in [0.25, 0.3) is 0 Å². The number of nitrogens with zero attached hydrogens (tertiary/aromatic N) is 7. The maximum Gasteiger partial charge on any atom is 0.420 e. The molecule has 0 bridgehead atoms. The first kappa shape index (κ1) is 26.9. The molecule has 14 nitrogen and oxygen atoms in total. The standard InChI is InChI=1S/C26H29N7O7/c1-16-11-18(38-4)5-6-19(16)32(26(35)40-15-23-28-14-24(30(23)3)33(36)37)22-12-20-21(13-27-22)29(2)25(34)31(20)17-7-9-39-10-8-17/h5-6,11-14,17H,7-10,15H2,1-4H3. The number of pyridine rings is 1. The van der Waals surface area contributed by atoms with Gasteiger partial charge in [0.2, 0.25) is 5.82 Å². The highest BCUT2D eigenvalue weighted by atomic mass is 16.6. The monoisotopic (exact) mass is 551 g/mol. The van der Waals surface area contributed by atoms with E-state index in [1.54, 1.807) is 49.2 Å². The molecule has 1 fully saturated rings. The number of imidazole rings is 2. The summed E-state index contributed by atoms with van der Waals surface area (Å²) in [6.45, 7) is 2.62. The van der Waals surface area contributed by atoms with Gasteiger partial charge in [-0.3, -0.25) is 9.13 Å². The highest BCUT2D eigenvalue weighted by molar-refractivity contribution is 5.97. The zero-order chi connectivity index (χ0) is 28.6. The van der Waals surface area contributed by atoms with E-state index in [2.05, 4.69) is 9.97 Å². The van der Waals surface area contributed by atoms with Gasteiger partial charge in [-0.2, -0.15) is 0 Å². The Balaban J connectivity index is 1.57. The molecule has 0 aliphatic carbocycles. The van der Waals surface area contributed by atoms with E-state index >= 15 is 0 Å². The molecule has 210 valence electrons. The number of methoxy groups -OCH3 is 1. The van der Waals surface area contributed by atoms with Gasteiger partial charge in [0.05, 0.1) is 37.1 Å². The summed E-state index contributed by atoms with van der Waals surface area (Å²) in [5.74, 6) is 0.820. The van der Waals surface area contributed by atoms with E-state index in [1.807, 2.05) is 6.92 Å². The lowest BCUT2D eigenvalue weighted by Gasteiger charge is -2.25. The van der Waals surface area contributed by atoms with Crippen LogP contribution in [0.25, 0.3) is 11.0 Å². The van der Waals surface area contributed by atoms with E-state index in [9.17, 15) is 19.7 Å². The van der Waals surface area contributed by atoms with Crippen molar-refractivity contribution < 1.29 is 23.9 Å². The van der Waals surface area contributed by atoms with Crippen molar-refractivity contribution in [2.24, 2.45) is 14.1 Å². The zero-order valence-electron chi connectivity index (χ0n) is 22.6. The fraction of sp³-hybridized carbons (Fsp3) is 0.385. The van der Waals surface area contributed by atoms with Gasteiger partial charge in [-0.05, 0) is 48.5 Å². The van der Waals surface area contributed by atoms with Crippen molar-refractivity contribution in [3.8, 4) is 5.75 Å². The Labute approximate surface area is 228 Å². The van der Waals surface area contributed by atoms with Crippen LogP contribution >= 0.6 is 0 Å². The molecule has 0 atom stereocenters. The molecule has 3 aromatic heterocycles. The van der Waals surface area contributed by atoms with E-state index in [-0.39, 0.29) is 35.8 Å². The molecular formula is C26H29N7O7. The van der Waals surface area contributed by atoms with Crippen molar-refractivity contribution in [2.75, 3.05) is 25.2 Å². The zero-order valence-corrected chi connectivity index (χ0v) is 22.6. The predicted molar refractivity (Wildman–Crippen MR) is 144 cm³/mol. The lowest BCUT2D eigenvalue weighted by molar-refractivity contribution is -0.391. The highest BCUT2D eigenvalue weighted by Gasteiger charge is 2.28. The molecule has 1 aromatic carbocycles. The number of anilines is 2. The number of nitro groups is 1. The molecule has 0 spiro atoms. The summed E-state index contributed by atoms with van der Waals surface area (Å²) in [5, 5.41) is 11.2. The van der Waals surface area contributed by atoms with E-state index < -0.39 is 11.0 Å². The van der Waals surface area contributed by atoms with Crippen LogP contribution in [-0.2, 0) is 30.2 Å². The van der Waals surface area contributed by atoms with Crippen LogP contribution in [0.1, 0.15) is 30.3 Å². The van der Waals surface area contributed by atoms with Gasteiger partial charge in [-0.1, -0.05) is 0 Å². The first-order valence-corrected chi connectivity index (χ1v) is 12.6. The van der Waals surface area contributed by atoms with E-state index in [0.717, 1.165) is 6.20 Å². The number of ether oxygens (including phenoxy) is 3. The second-order valence-corrected chi connectivity index (χ2v) is 9.48. The lowest BCUT2D eigenvalue weighted by atomic mass is 10.1. The fourth-order valence-electron chi connectivity index (χ4n) is 4.92. The number of aryl methyl sites for hydroxylation is 2. The first-order valence-electron chi connectivity index (χ1n) is 12.6. The maximum atomic E-state index is 13.6. The molecular weight excluding hydrogens is 522 g/mol. The molecule has 1 aliphatic heterocycles. The van der Waals surface area contributed by atoms with Gasteiger partial charge in [0.1, 0.15) is 17.8 Å². The van der Waals surface area contributed by atoms with Crippen molar-refractivity contribution in [2.45, 2.75) is 32.4 Å². The van der Waals surface area contributed by atoms with Crippen molar-refractivity contribution in [3.63, 3.8) is 0 Å². The Morgan fingerprint density at radius 3 is 2.55 bits per heavy atom. The lowest BCUT2D eigenvalue weighted by Crippen LogP contribution is -2.30. The van der Waals surface area contributed by atoms with Gasteiger partial charge in [-0.25, -0.2) is 29.0 Å². The minimum Gasteiger partial charge on any atom is -0.497 e. The number of rotatable bonds is 7. The van der Waals surface area contributed by atoms with Crippen molar-refractivity contribution in [1.82, 2.24) is 23.7 Å². The number of carbonyl (C=O) groups is 1. The van der Waals surface area contributed by atoms with Crippen LogP contribution in [0.2, 0.25) is 0 Å². The number of benzene rings is 1. The van der Waals surface area contributed by atoms with E-state index in [1.165, 1.54) is 21.1 Å². The van der Waals surface area contributed by atoms with Gasteiger partial charge < -0.3 is 24.3 Å². The molecule has 1 amide bonds. The number of carbonyl (C=O) groups excluding carboxylic acids is 1. The first-order chi connectivity index (χ1) is 19.2. The molecule has 0 saturated carbocycles. The summed E-state index contributed by atoms with van der Waals surface area (Å²) in [6, 6.07) is 6.84. The quantitative estimate of drug-likeness (QED) is 0.248. The average Bonchev–Trinajstić information content (AvgIpc) is 3.44. The smallest absolute Gasteiger partial charge is 0.420 e. The molecule has 0 unspecified atom stereocenters. The number of hydrogen-bond acceptors (Lipinski definition) is 9. The Morgan fingerprint density at radius 1 is 1.15 bits per heavy atom. The van der Waals surface area contributed by atoms with Crippen LogP contribution in [0.4, 0.5) is 22.1 Å². The Hall–Kier alpha value is -4.72. The van der Waals surface area contributed by atoms with Gasteiger partial charge in [-0.15, -0.1) is 0 Å². The van der Waals surface area contributed by atoms with Crippen LogP contribution in [0.3, 0.4) is 0 Å². The molecule has 1 aliphatic rings. The second-order valence-electron chi connectivity index (χ2n) is 9.48. The van der Waals surface area contributed by atoms with E-state index in [0.29, 0.717) is 54.1 Å². The van der Waals surface area contributed by atoms with Gasteiger partial charge in [0.15, 0.2) is 6.61 Å². The third kappa shape index (κ3) is 4.77. The number of amides is 1. The second kappa shape index (κ2) is 10.8. The van der Waals surface area contributed by atoms with Crippen molar-refractivity contribution in [1.29, 1.82) is 0 Å². The summed E-state index contributed by atoms with van der Waals surface area (Å²) in [6.07, 6.45) is 3.27. The normalized spacial score (nSPS) is 13.9. The van der Waals surface area contributed by atoms with Gasteiger partial charge >= 0.3 is 17.6 Å². The van der Waals surface area contributed by atoms with Crippen molar-refractivity contribution in [3.05, 3.63) is 68.6 Å². The van der Waals surface area contributed by atoms with Crippen LogP contribution in [0.5, 0.6) is 5.75 Å². The van der Waals surface area contributed by atoms with Crippen LogP contribution in [0, 0.1) is 17.0 Å². The molecule has 5 rings (SSSR count). The minimum absolute atomic E-state index is 0.0532. The molecule has 0 radical (unpaired) electrons. The molecule has 1 saturated heterocycles. The predicted octanol–water partition coefficient (Wildman–Crippen LogP) is 3.52. The van der Waals surface area contributed by atoms with Crippen molar-refractivity contribution >= 4 is 34.4 Å². The molecule has 14 heteroatoms. The average molecular weight is 552 g/mol. The third-order valence-electron chi connectivity index (χ3n) is 7.15. The van der Waals surface area contributed by atoms with Crippen LogP contribution in [0.15, 0.2) is 41.5 Å². The molecule has 40 heavy (non-hydrogen) atoms. The fourth-order valence-corrected chi connectivity index (χ4v) is 4.92. The summed E-state index contributed by atoms with van der Waals surface area (Å²) in [4.78, 5) is 47.3. The summed E-state index contributed by atoms with van der Waals surface area (Å²) in [5.41, 5.74) is 2.28. The number of fused-ring (bicyclic) bond motifs is 1. The van der Waals surface area contributed by atoms with Crippen LogP contribution in [-0.4, -0.2) is 55.0 Å². The Morgan fingerprint density at radius 2 is 1.90 bits per heavy atom. The molecule has 4 aromatic rings. The maximum absolute atomic E-state index is 13.6.